The summed E-state index contributed by atoms with van der Waals surface area (Å²) in [4.78, 5) is 39.5. The second-order valence-corrected chi connectivity index (χ2v) is 7.26. The summed E-state index contributed by atoms with van der Waals surface area (Å²) in [5.41, 5.74) is 1.75. The number of hydrogen-bond donors (Lipinski definition) is 2. The molecular formula is C23H27N3O4. The standard InChI is InChI=1S/C23H27N3O4/c1-30-22(28)20(16-17-10-4-2-5-11-17)25-23(29)24-19-13-7-6-12-18(19)21(27)26-14-8-3-9-15-26/h2,4-7,10-13,20H,3,8-9,14-16H2,1H3,(H2,24,25,29)/t20-/m0/s1. The van der Waals surface area contributed by atoms with Gasteiger partial charge in [-0.25, -0.2) is 9.59 Å². The van der Waals surface area contributed by atoms with E-state index in [0.717, 1.165) is 37.9 Å². The van der Waals surface area contributed by atoms with Crippen LogP contribution in [-0.4, -0.2) is 49.0 Å². The number of benzene rings is 2. The lowest BCUT2D eigenvalue weighted by Crippen LogP contribution is -2.45. The normalized spacial score (nSPS) is 14.5. The van der Waals surface area contributed by atoms with E-state index in [1.807, 2.05) is 35.2 Å². The van der Waals surface area contributed by atoms with Crippen molar-refractivity contribution < 1.29 is 19.1 Å². The van der Waals surface area contributed by atoms with Crippen LogP contribution in [0.4, 0.5) is 10.5 Å². The molecule has 30 heavy (non-hydrogen) atoms. The topological polar surface area (TPSA) is 87.7 Å². The Kier molecular flexibility index (Phi) is 7.43. The number of anilines is 1. The van der Waals surface area contributed by atoms with Crippen LogP contribution in [0.15, 0.2) is 54.6 Å². The van der Waals surface area contributed by atoms with Gasteiger partial charge in [0.25, 0.3) is 5.91 Å². The molecule has 3 rings (SSSR count). The first-order valence-corrected chi connectivity index (χ1v) is 10.2. The predicted molar refractivity (Wildman–Crippen MR) is 114 cm³/mol. The summed E-state index contributed by atoms with van der Waals surface area (Å²) in [6.45, 7) is 1.45. The third kappa shape index (κ3) is 5.59. The zero-order chi connectivity index (χ0) is 21.3. The van der Waals surface area contributed by atoms with Crippen molar-refractivity contribution in [1.29, 1.82) is 0 Å². The summed E-state index contributed by atoms with van der Waals surface area (Å²) in [5.74, 6) is -0.633. The summed E-state index contributed by atoms with van der Waals surface area (Å²) < 4.78 is 4.83. The Bertz CT molecular complexity index is 879. The smallest absolute Gasteiger partial charge is 0.328 e. The van der Waals surface area contributed by atoms with Crippen LogP contribution in [0.3, 0.4) is 0 Å². The highest BCUT2D eigenvalue weighted by Crippen LogP contribution is 2.20. The van der Waals surface area contributed by atoms with Crippen molar-refractivity contribution in [3.63, 3.8) is 0 Å². The number of likely N-dealkylation sites (tertiary alicyclic amines) is 1. The van der Waals surface area contributed by atoms with Gasteiger partial charge in [-0.1, -0.05) is 42.5 Å². The van der Waals surface area contributed by atoms with Gasteiger partial charge in [0.15, 0.2) is 0 Å². The number of carbonyl (C=O) groups excluding carboxylic acids is 3. The molecule has 3 amide bonds. The highest BCUT2D eigenvalue weighted by Gasteiger charge is 2.24. The number of nitrogens with zero attached hydrogens (tertiary/aromatic N) is 1. The van der Waals surface area contributed by atoms with Crippen LogP contribution in [0.2, 0.25) is 0 Å². The van der Waals surface area contributed by atoms with Gasteiger partial charge in [-0.2, -0.15) is 0 Å². The van der Waals surface area contributed by atoms with E-state index in [9.17, 15) is 14.4 Å². The third-order valence-corrected chi connectivity index (χ3v) is 5.12. The van der Waals surface area contributed by atoms with E-state index in [1.54, 1.807) is 24.3 Å². The fraction of sp³-hybridized carbons (Fsp3) is 0.348. The Morgan fingerprint density at radius 2 is 1.63 bits per heavy atom. The molecule has 2 aromatic carbocycles. The lowest BCUT2D eigenvalue weighted by molar-refractivity contribution is -0.142. The summed E-state index contributed by atoms with van der Waals surface area (Å²) in [7, 11) is 1.28. The number of carbonyl (C=O) groups is 3. The molecule has 2 N–H and O–H groups in total. The molecule has 0 saturated carbocycles. The van der Waals surface area contributed by atoms with Crippen LogP contribution in [0, 0.1) is 0 Å². The Morgan fingerprint density at radius 3 is 2.33 bits per heavy atom. The van der Waals surface area contributed by atoms with Crippen LogP contribution in [0.5, 0.6) is 0 Å². The molecule has 1 saturated heterocycles. The second-order valence-electron chi connectivity index (χ2n) is 7.26. The summed E-state index contributed by atoms with van der Waals surface area (Å²) in [6, 6.07) is 14.9. The monoisotopic (exact) mass is 409 g/mol. The SMILES string of the molecule is COC(=O)[C@H](Cc1ccccc1)NC(=O)Nc1ccccc1C(=O)N1CCCCC1. The average molecular weight is 409 g/mol. The number of hydrogen-bond acceptors (Lipinski definition) is 4. The molecule has 1 atom stereocenters. The van der Waals surface area contributed by atoms with Gasteiger partial charge in [0.1, 0.15) is 6.04 Å². The van der Waals surface area contributed by atoms with Crippen LogP contribution >= 0.6 is 0 Å². The van der Waals surface area contributed by atoms with Crippen molar-refractivity contribution >= 4 is 23.6 Å². The number of nitrogens with one attached hydrogen (secondary N) is 2. The van der Waals surface area contributed by atoms with Gasteiger partial charge in [-0.05, 0) is 37.0 Å². The van der Waals surface area contributed by atoms with Crippen LogP contribution in [0.25, 0.3) is 0 Å². The van der Waals surface area contributed by atoms with Crippen LogP contribution < -0.4 is 10.6 Å². The first-order chi connectivity index (χ1) is 14.6. The van der Waals surface area contributed by atoms with Gasteiger partial charge < -0.3 is 20.3 Å². The predicted octanol–water partition coefficient (Wildman–Crippen LogP) is 3.22. The highest BCUT2D eigenvalue weighted by atomic mass is 16.5. The molecule has 1 fully saturated rings. The van der Waals surface area contributed by atoms with Crippen LogP contribution in [-0.2, 0) is 16.0 Å². The number of para-hydroxylation sites is 1. The Hall–Kier alpha value is -3.35. The maximum atomic E-state index is 12.9. The van der Waals surface area contributed by atoms with E-state index in [2.05, 4.69) is 10.6 Å². The summed E-state index contributed by atoms with van der Waals surface area (Å²) >= 11 is 0. The number of piperidine rings is 1. The second kappa shape index (κ2) is 10.4. The van der Waals surface area contributed by atoms with E-state index in [-0.39, 0.29) is 5.91 Å². The fourth-order valence-corrected chi connectivity index (χ4v) is 3.55. The van der Waals surface area contributed by atoms with Crippen molar-refractivity contribution in [2.24, 2.45) is 0 Å². The summed E-state index contributed by atoms with van der Waals surface area (Å²) in [5, 5.41) is 5.38. The van der Waals surface area contributed by atoms with Crippen molar-refractivity contribution in [1.82, 2.24) is 10.2 Å². The number of methoxy groups -OCH3 is 1. The first-order valence-electron chi connectivity index (χ1n) is 10.2. The van der Waals surface area contributed by atoms with Crippen LogP contribution in [0.1, 0.15) is 35.2 Å². The van der Waals surface area contributed by atoms with Crippen molar-refractivity contribution in [2.75, 3.05) is 25.5 Å². The number of amides is 3. The van der Waals surface area contributed by atoms with E-state index in [4.69, 9.17) is 4.74 Å². The largest absolute Gasteiger partial charge is 0.467 e. The molecule has 0 bridgehead atoms. The molecule has 0 aliphatic carbocycles. The first kappa shape index (κ1) is 21.4. The van der Waals surface area contributed by atoms with Crippen molar-refractivity contribution in [2.45, 2.75) is 31.7 Å². The third-order valence-electron chi connectivity index (χ3n) is 5.12. The Morgan fingerprint density at radius 1 is 0.967 bits per heavy atom. The van der Waals surface area contributed by atoms with E-state index >= 15 is 0 Å². The minimum Gasteiger partial charge on any atom is -0.467 e. The number of urea groups is 1. The molecule has 7 nitrogen and oxygen atoms in total. The molecule has 7 heteroatoms. The van der Waals surface area contributed by atoms with Gasteiger partial charge in [-0.3, -0.25) is 4.79 Å². The van der Waals surface area contributed by atoms with Gasteiger partial charge in [-0.15, -0.1) is 0 Å². The molecule has 1 aliphatic rings. The maximum Gasteiger partial charge on any atom is 0.328 e. The van der Waals surface area contributed by atoms with E-state index in [1.165, 1.54) is 7.11 Å². The lowest BCUT2D eigenvalue weighted by atomic mass is 10.1. The van der Waals surface area contributed by atoms with Crippen molar-refractivity contribution in [3.05, 3.63) is 65.7 Å². The maximum absolute atomic E-state index is 12.9. The number of ether oxygens (including phenoxy) is 1. The molecule has 0 unspecified atom stereocenters. The van der Waals surface area contributed by atoms with Gasteiger partial charge in [0.2, 0.25) is 0 Å². The van der Waals surface area contributed by atoms with E-state index < -0.39 is 18.0 Å². The molecule has 2 aromatic rings. The van der Waals surface area contributed by atoms with E-state index in [0.29, 0.717) is 17.7 Å². The molecular weight excluding hydrogens is 382 g/mol. The number of esters is 1. The average Bonchev–Trinajstić information content (AvgIpc) is 2.79. The van der Waals surface area contributed by atoms with Gasteiger partial charge in [0.05, 0.1) is 18.4 Å². The summed E-state index contributed by atoms with van der Waals surface area (Å²) in [6.07, 6.45) is 3.40. The van der Waals surface area contributed by atoms with Crippen molar-refractivity contribution in [3.8, 4) is 0 Å². The molecule has 0 aromatic heterocycles. The Balaban J connectivity index is 1.70. The zero-order valence-corrected chi connectivity index (χ0v) is 17.1. The van der Waals surface area contributed by atoms with Gasteiger partial charge in [0, 0.05) is 19.5 Å². The number of rotatable bonds is 6. The minimum atomic E-state index is -0.845. The fourth-order valence-electron chi connectivity index (χ4n) is 3.55. The lowest BCUT2D eigenvalue weighted by Gasteiger charge is -2.27. The van der Waals surface area contributed by atoms with Gasteiger partial charge >= 0.3 is 12.0 Å². The molecule has 158 valence electrons. The quantitative estimate of drug-likeness (QED) is 0.717. The molecule has 1 aliphatic heterocycles. The molecule has 1 heterocycles. The molecule has 0 spiro atoms. The highest BCUT2D eigenvalue weighted by molar-refractivity contribution is 6.03. The minimum absolute atomic E-state index is 0.0978. The molecule has 0 radical (unpaired) electrons. The Labute approximate surface area is 176 Å². The zero-order valence-electron chi connectivity index (χ0n) is 17.1.